The van der Waals surface area contributed by atoms with Crippen LogP contribution in [0, 0.1) is 57.2 Å². The summed E-state index contributed by atoms with van der Waals surface area (Å²) in [6, 6.07) is 0. The number of aliphatic hydroxyl groups is 13. The smallest absolute Gasteiger partial charge is 0.311 e. The normalized spacial score (nSPS) is 55.2. The Morgan fingerprint density at radius 3 is 2.03 bits per heavy atom. The Bertz CT molecular complexity index is 1800. The Kier molecular flexibility index (Phi) is 14.6. The van der Waals surface area contributed by atoms with Crippen molar-refractivity contribution in [2.75, 3.05) is 19.8 Å². The fraction of sp³-hybridized carbons (Fsp3) is 0.936. The van der Waals surface area contributed by atoms with Crippen molar-refractivity contribution in [1.29, 1.82) is 0 Å². The van der Waals surface area contributed by atoms with Crippen LogP contribution < -0.4 is 0 Å². The average Bonchev–Trinajstić information content (AvgIpc) is 3.27. The van der Waals surface area contributed by atoms with Crippen LogP contribution in [0.1, 0.15) is 86.5 Å². The van der Waals surface area contributed by atoms with E-state index in [4.69, 9.17) is 28.4 Å². The van der Waals surface area contributed by atoms with Gasteiger partial charge in [0, 0.05) is 11.3 Å². The number of carbonyl (C=O) groups excluding carboxylic acids is 1. The first-order valence-electron chi connectivity index (χ1n) is 24.2. The molecule has 3 saturated heterocycles. The molecule has 5 aliphatic carbocycles. The topological polar surface area (TPSA) is 335 Å². The molecule has 0 amide bonds. The molecule has 27 atom stereocenters. The fourth-order valence-electron chi connectivity index (χ4n) is 14.8. The van der Waals surface area contributed by atoms with Gasteiger partial charge in [-0.15, -0.1) is 0 Å². The van der Waals surface area contributed by atoms with Gasteiger partial charge < -0.3 is 94.8 Å². The van der Waals surface area contributed by atoms with Gasteiger partial charge in [0.15, 0.2) is 12.6 Å². The first-order chi connectivity index (χ1) is 31.3. The Hall–Kier alpha value is -1.51. The third kappa shape index (κ3) is 8.66. The molecule has 384 valence electrons. The lowest BCUT2D eigenvalue weighted by Crippen LogP contribution is -2.68. The molecule has 3 aliphatic heterocycles. The number of rotatable bonds is 9. The third-order valence-corrected chi connectivity index (χ3v) is 18.3. The van der Waals surface area contributed by atoms with Crippen LogP contribution >= 0.6 is 0 Å². The Labute approximate surface area is 390 Å². The molecule has 8 rings (SSSR count). The number of carbonyl (C=O) groups is 1. The van der Waals surface area contributed by atoms with Crippen LogP contribution in [0.15, 0.2) is 11.6 Å². The molecule has 13 N–H and O–H groups in total. The maximum atomic E-state index is 14.4. The molecule has 0 spiro atoms. The van der Waals surface area contributed by atoms with Gasteiger partial charge in [0.2, 0.25) is 6.29 Å². The van der Waals surface area contributed by atoms with Crippen molar-refractivity contribution in [3.63, 3.8) is 0 Å². The lowest BCUT2D eigenvalue weighted by atomic mass is 9.38. The molecule has 8 aliphatic rings. The standard InChI is InChI=1S/C47H76O20/c1-18-29(52)31(54)34(57)42(63-18)66-37-27(15-48)64-41(36(59)33(37)56)62-16-28-30(53)32(55)35(58)43(65-28)67-40(61)21-13-44(2,3)12-20-19(21)9-10-45(4)22(20)7-8-23-24(45)11-25(50)38-46(23,5)14-26(51)39(60)47(38,6)17-49/h7,18-21,23-39,41-43,48-60H,8-17H2,1-6H3/t18?,19?,20?,21?,23?,24?,25?,26?,27?,28?,29?,30?,31-,32+,33-,34-,35-,36-,37?,38?,39?,41+,42+,43-,45?,46?,47?/m0/s1. The highest BCUT2D eigenvalue weighted by Gasteiger charge is 2.68. The van der Waals surface area contributed by atoms with Crippen molar-refractivity contribution >= 4 is 5.97 Å². The lowest BCUT2D eigenvalue weighted by Gasteiger charge is -2.68. The summed E-state index contributed by atoms with van der Waals surface area (Å²) in [5.41, 5.74) is -1.10. The van der Waals surface area contributed by atoms with Crippen LogP contribution in [0.4, 0.5) is 0 Å². The summed E-state index contributed by atoms with van der Waals surface area (Å²) >= 11 is 0. The van der Waals surface area contributed by atoms with Crippen molar-refractivity contribution in [3.8, 4) is 0 Å². The number of fused-ring (bicyclic) bond motifs is 7. The highest BCUT2D eigenvalue weighted by Crippen LogP contribution is 2.70. The summed E-state index contributed by atoms with van der Waals surface area (Å²) in [5, 5.41) is 141. The van der Waals surface area contributed by atoms with Crippen LogP contribution in [0.5, 0.6) is 0 Å². The maximum Gasteiger partial charge on any atom is 0.311 e. The van der Waals surface area contributed by atoms with E-state index < -0.39 is 152 Å². The minimum atomic E-state index is -1.87. The van der Waals surface area contributed by atoms with E-state index in [2.05, 4.69) is 33.8 Å². The van der Waals surface area contributed by atoms with E-state index in [1.165, 1.54) is 12.5 Å². The molecule has 67 heavy (non-hydrogen) atoms. The van der Waals surface area contributed by atoms with Gasteiger partial charge in [0.05, 0.1) is 50.2 Å². The second kappa shape index (κ2) is 18.8. The molecule has 0 aromatic heterocycles. The van der Waals surface area contributed by atoms with Crippen LogP contribution in [-0.2, 0) is 33.2 Å². The number of hydrogen-bond donors (Lipinski definition) is 13. The monoisotopic (exact) mass is 960 g/mol. The van der Waals surface area contributed by atoms with E-state index in [0.717, 1.165) is 6.42 Å². The summed E-state index contributed by atoms with van der Waals surface area (Å²) in [4.78, 5) is 14.4. The first kappa shape index (κ1) is 51.8. The molecule has 7 fully saturated rings. The summed E-state index contributed by atoms with van der Waals surface area (Å²) in [6.45, 7) is 9.93. The molecule has 20 nitrogen and oxygen atoms in total. The van der Waals surface area contributed by atoms with Gasteiger partial charge in [-0.3, -0.25) is 4.79 Å². The number of aliphatic hydroxyl groups excluding tert-OH is 13. The molecule has 18 unspecified atom stereocenters. The molecule has 0 radical (unpaired) electrons. The average molecular weight is 961 g/mol. The fourth-order valence-corrected chi connectivity index (χ4v) is 14.8. The zero-order valence-electron chi connectivity index (χ0n) is 39.2. The molecule has 3 heterocycles. The summed E-state index contributed by atoms with van der Waals surface area (Å²) in [6.07, 6.45) is -21.1. The minimum absolute atomic E-state index is 0.0239. The highest BCUT2D eigenvalue weighted by molar-refractivity contribution is 5.73. The van der Waals surface area contributed by atoms with Crippen molar-refractivity contribution in [3.05, 3.63) is 11.6 Å². The molecule has 0 aromatic rings. The number of esters is 1. The summed E-state index contributed by atoms with van der Waals surface area (Å²) < 4.78 is 34.3. The van der Waals surface area contributed by atoms with E-state index in [0.29, 0.717) is 38.5 Å². The van der Waals surface area contributed by atoms with Crippen molar-refractivity contribution in [1.82, 2.24) is 0 Å². The van der Waals surface area contributed by atoms with Crippen LogP contribution in [0.2, 0.25) is 0 Å². The van der Waals surface area contributed by atoms with Crippen molar-refractivity contribution in [2.45, 2.75) is 197 Å². The van der Waals surface area contributed by atoms with E-state index in [1.807, 2.05) is 0 Å². The number of allylic oxidation sites excluding steroid dienone is 2. The zero-order valence-corrected chi connectivity index (χ0v) is 39.2. The van der Waals surface area contributed by atoms with Gasteiger partial charge in [-0.2, -0.15) is 0 Å². The van der Waals surface area contributed by atoms with Gasteiger partial charge in [-0.1, -0.05) is 46.3 Å². The van der Waals surface area contributed by atoms with Crippen LogP contribution in [-0.4, -0.2) is 203 Å². The molecule has 0 aromatic carbocycles. The molecular formula is C47H76O20. The van der Waals surface area contributed by atoms with Gasteiger partial charge in [-0.25, -0.2) is 0 Å². The van der Waals surface area contributed by atoms with E-state index in [1.54, 1.807) is 6.92 Å². The summed E-state index contributed by atoms with van der Waals surface area (Å²) in [7, 11) is 0. The lowest BCUT2D eigenvalue weighted by molar-refractivity contribution is -0.361. The largest absolute Gasteiger partial charge is 0.432 e. The van der Waals surface area contributed by atoms with Crippen molar-refractivity contribution in [2.24, 2.45) is 57.2 Å². The van der Waals surface area contributed by atoms with E-state index in [-0.39, 0.29) is 41.1 Å². The molecular weight excluding hydrogens is 884 g/mol. The number of hydrogen-bond acceptors (Lipinski definition) is 20. The second-order valence-electron chi connectivity index (χ2n) is 23.0. The predicted octanol–water partition coefficient (Wildman–Crippen LogP) is -2.45. The minimum Gasteiger partial charge on any atom is -0.432 e. The van der Waals surface area contributed by atoms with Gasteiger partial charge in [0.1, 0.15) is 67.1 Å². The van der Waals surface area contributed by atoms with Gasteiger partial charge in [0.25, 0.3) is 0 Å². The molecule has 4 saturated carbocycles. The first-order valence-corrected chi connectivity index (χ1v) is 24.2. The van der Waals surface area contributed by atoms with Crippen LogP contribution in [0.25, 0.3) is 0 Å². The Morgan fingerprint density at radius 1 is 0.716 bits per heavy atom. The number of ether oxygens (including phenoxy) is 6. The highest BCUT2D eigenvalue weighted by atomic mass is 16.8. The van der Waals surface area contributed by atoms with Crippen molar-refractivity contribution < 1.29 is 99.6 Å². The predicted molar refractivity (Wildman–Crippen MR) is 228 cm³/mol. The molecule has 20 heteroatoms. The van der Waals surface area contributed by atoms with Gasteiger partial charge >= 0.3 is 5.97 Å². The van der Waals surface area contributed by atoms with E-state index in [9.17, 15) is 71.2 Å². The third-order valence-electron chi connectivity index (χ3n) is 18.3. The Morgan fingerprint density at radius 2 is 1.36 bits per heavy atom. The quantitative estimate of drug-likeness (QED) is 0.0843. The van der Waals surface area contributed by atoms with Crippen LogP contribution in [0.3, 0.4) is 0 Å². The summed E-state index contributed by atoms with van der Waals surface area (Å²) in [5.74, 6) is -1.79. The van der Waals surface area contributed by atoms with E-state index >= 15 is 0 Å². The second-order valence-corrected chi connectivity index (χ2v) is 23.0. The Balaban J connectivity index is 0.942. The molecule has 0 bridgehead atoms. The zero-order chi connectivity index (χ0) is 49.0. The van der Waals surface area contributed by atoms with Gasteiger partial charge in [-0.05, 0) is 91.8 Å². The maximum absolute atomic E-state index is 14.4. The SMILES string of the molecule is CC1O[C@H](OC2C(CO)O[C@@H](OCC3O[C@@H](OC(=O)C4CC(C)(C)CC5C6=CCC7C(CC(O)C8C(C)(CO)C(O)C(O)CC78C)C6(C)CCC45)[C@@H](O)[C@H](O)C3O)[C@@H](O)[C@@H]2O)[C@@H](O)[C@@H](O)C1O.